The van der Waals surface area contributed by atoms with Crippen molar-refractivity contribution in [3.05, 3.63) is 0 Å². The van der Waals surface area contributed by atoms with E-state index in [-0.39, 0.29) is 19.8 Å². The third-order valence-electron chi connectivity index (χ3n) is 8.72. The van der Waals surface area contributed by atoms with Crippen LogP contribution in [0.15, 0.2) is 0 Å². The van der Waals surface area contributed by atoms with Crippen LogP contribution in [0.1, 0.15) is 66.2 Å². The van der Waals surface area contributed by atoms with Crippen molar-refractivity contribution in [1.29, 1.82) is 0 Å². The van der Waals surface area contributed by atoms with Gasteiger partial charge in [-0.2, -0.15) is 0 Å². The maximum Gasteiger partial charge on any atom is 0.329 e. The van der Waals surface area contributed by atoms with Gasteiger partial charge < -0.3 is 20.0 Å². The molecule has 4 rings (SSSR count). The van der Waals surface area contributed by atoms with Crippen molar-refractivity contribution in [3.63, 3.8) is 0 Å². The zero-order valence-corrected chi connectivity index (χ0v) is 24.0. The second-order valence-corrected chi connectivity index (χ2v) is 12.5. The minimum Gasteiger partial charge on any atom is -0.390 e. The molecule has 0 bridgehead atoms. The van der Waals surface area contributed by atoms with Gasteiger partial charge in [0.2, 0.25) is 0 Å². The van der Waals surface area contributed by atoms with Crippen LogP contribution in [0.2, 0.25) is 0 Å². The summed E-state index contributed by atoms with van der Waals surface area (Å²) < 4.78 is 0. The van der Waals surface area contributed by atoms with Gasteiger partial charge in [-0.25, -0.2) is 9.59 Å². The molecule has 12 nitrogen and oxygen atoms in total. The number of piperidine rings is 2. The summed E-state index contributed by atoms with van der Waals surface area (Å²) in [4.78, 5) is 62.5. The topological polar surface area (TPSA) is 128 Å². The molecule has 0 aromatic rings. The molecule has 6 amide bonds. The molecule has 0 spiro atoms. The van der Waals surface area contributed by atoms with E-state index in [1.54, 1.807) is 27.7 Å². The van der Waals surface area contributed by atoms with Gasteiger partial charge in [0.25, 0.3) is 11.8 Å². The fourth-order valence-electron chi connectivity index (χ4n) is 6.19. The molecular formula is C27H46N6O6. The van der Waals surface area contributed by atoms with Crippen LogP contribution in [0.3, 0.4) is 0 Å². The Kier molecular flexibility index (Phi) is 8.89. The molecule has 4 fully saturated rings. The zero-order valence-electron chi connectivity index (χ0n) is 24.0. The minimum atomic E-state index is -1.26. The van der Waals surface area contributed by atoms with Gasteiger partial charge in [-0.05, 0) is 79.6 Å². The predicted octanol–water partition coefficient (Wildman–Crippen LogP) is 0.723. The van der Waals surface area contributed by atoms with Gasteiger partial charge in [0.05, 0.1) is 25.3 Å². The van der Waals surface area contributed by atoms with Gasteiger partial charge >= 0.3 is 12.1 Å². The molecule has 0 aromatic heterocycles. The molecule has 4 heterocycles. The van der Waals surface area contributed by atoms with Gasteiger partial charge in [-0.3, -0.25) is 29.2 Å². The van der Waals surface area contributed by atoms with E-state index in [4.69, 9.17) is 0 Å². The first kappa shape index (κ1) is 29.7. The van der Waals surface area contributed by atoms with Crippen LogP contribution < -0.4 is 0 Å². The van der Waals surface area contributed by atoms with E-state index in [2.05, 4.69) is 9.80 Å². The summed E-state index contributed by atoms with van der Waals surface area (Å²) in [5.41, 5.74) is -2.52. The lowest BCUT2D eigenvalue weighted by atomic mass is 10.0. The molecule has 4 saturated heterocycles. The van der Waals surface area contributed by atoms with Crippen LogP contribution in [-0.4, -0.2) is 146 Å². The Morgan fingerprint density at radius 2 is 0.923 bits per heavy atom. The Labute approximate surface area is 231 Å². The number of hydrogen-bond acceptors (Lipinski definition) is 8. The lowest BCUT2D eigenvalue weighted by molar-refractivity contribution is -0.134. The third-order valence-corrected chi connectivity index (χ3v) is 8.72. The predicted molar refractivity (Wildman–Crippen MR) is 144 cm³/mol. The molecule has 2 atom stereocenters. The number of imide groups is 2. The van der Waals surface area contributed by atoms with Crippen molar-refractivity contribution in [3.8, 4) is 0 Å². The molecule has 2 N–H and O–H groups in total. The average Bonchev–Trinajstić information content (AvgIpc) is 3.14. The van der Waals surface area contributed by atoms with Gasteiger partial charge in [0.1, 0.15) is 17.7 Å². The highest BCUT2D eigenvalue weighted by Gasteiger charge is 2.57. The molecule has 4 aliphatic heterocycles. The summed E-state index contributed by atoms with van der Waals surface area (Å²) >= 11 is 0. The van der Waals surface area contributed by atoms with Gasteiger partial charge in [-0.1, -0.05) is 12.8 Å². The standard InChI is InChI=1S/C27H46N6O6/c1-26(2)22(36)30(17-20(34)15-28-11-7-5-8-12-28)24(38)32(26)19-33-25(39)31(23(37)27(33,3)4)18-21(35)16-29-13-9-6-10-14-29/h20-21,34-35H,5-19H2,1-4H3/t20-,21-/m0/s1. The summed E-state index contributed by atoms with van der Waals surface area (Å²) in [6.45, 7) is 10.3. The third kappa shape index (κ3) is 6.08. The van der Waals surface area contributed by atoms with Crippen LogP contribution in [0.4, 0.5) is 9.59 Å². The number of aliphatic hydroxyl groups excluding tert-OH is 2. The first-order valence-corrected chi connectivity index (χ1v) is 14.4. The van der Waals surface area contributed by atoms with E-state index in [1.807, 2.05) is 0 Å². The molecule has 0 radical (unpaired) electrons. The number of nitrogens with zero attached hydrogens (tertiary/aromatic N) is 6. The first-order chi connectivity index (χ1) is 18.3. The van der Waals surface area contributed by atoms with Crippen molar-refractivity contribution in [2.24, 2.45) is 0 Å². The Morgan fingerprint density at radius 3 is 1.26 bits per heavy atom. The zero-order chi connectivity index (χ0) is 28.5. The monoisotopic (exact) mass is 550 g/mol. The van der Waals surface area contributed by atoms with Crippen LogP contribution in [0, 0.1) is 0 Å². The Morgan fingerprint density at radius 1 is 0.590 bits per heavy atom. The fourth-order valence-corrected chi connectivity index (χ4v) is 6.19. The molecule has 39 heavy (non-hydrogen) atoms. The quantitative estimate of drug-likeness (QED) is 0.381. The van der Waals surface area contributed by atoms with Crippen molar-refractivity contribution < 1.29 is 29.4 Å². The van der Waals surface area contributed by atoms with Gasteiger partial charge in [0, 0.05) is 13.1 Å². The van der Waals surface area contributed by atoms with Crippen LogP contribution in [0.5, 0.6) is 0 Å². The van der Waals surface area contributed by atoms with E-state index in [0.29, 0.717) is 13.1 Å². The SMILES string of the molecule is CC1(C)C(=O)N(C[C@@H](O)CN2CCCCC2)C(=O)N1CN1C(=O)N(C[C@@H](O)CN2CCCCC2)C(=O)C1(C)C. The Balaban J connectivity index is 1.41. The number of amides is 6. The van der Waals surface area contributed by atoms with Crippen molar-refractivity contribution in [1.82, 2.24) is 29.4 Å². The number of urea groups is 2. The van der Waals surface area contributed by atoms with Gasteiger partial charge in [0.15, 0.2) is 0 Å². The maximum atomic E-state index is 13.5. The molecule has 0 aromatic carbocycles. The highest BCUT2D eigenvalue weighted by atomic mass is 16.3. The summed E-state index contributed by atoms with van der Waals surface area (Å²) in [5.74, 6) is -0.899. The second-order valence-electron chi connectivity index (χ2n) is 12.5. The van der Waals surface area contributed by atoms with Crippen molar-refractivity contribution >= 4 is 23.9 Å². The number of rotatable bonds is 10. The number of likely N-dealkylation sites (tertiary alicyclic amines) is 2. The second kappa shape index (κ2) is 11.7. The maximum absolute atomic E-state index is 13.5. The highest BCUT2D eigenvalue weighted by Crippen LogP contribution is 2.33. The minimum absolute atomic E-state index is 0.126. The number of carbonyl (C=O) groups excluding carboxylic acids is 4. The number of aliphatic hydroxyl groups is 2. The Bertz CT molecular complexity index is 871. The molecular weight excluding hydrogens is 504 g/mol. The highest BCUT2D eigenvalue weighted by molar-refractivity contribution is 6.08. The van der Waals surface area contributed by atoms with Crippen molar-refractivity contribution in [2.75, 3.05) is 59.0 Å². The van der Waals surface area contributed by atoms with Crippen molar-refractivity contribution in [2.45, 2.75) is 89.5 Å². The molecule has 0 aliphatic carbocycles. The molecule has 0 unspecified atom stereocenters. The molecule has 220 valence electrons. The van der Waals surface area contributed by atoms with E-state index in [0.717, 1.165) is 61.7 Å². The lowest BCUT2D eigenvalue weighted by Crippen LogP contribution is -2.55. The van der Waals surface area contributed by atoms with E-state index in [1.165, 1.54) is 22.6 Å². The van der Waals surface area contributed by atoms with Gasteiger partial charge in [-0.15, -0.1) is 0 Å². The van der Waals surface area contributed by atoms with Crippen LogP contribution in [-0.2, 0) is 9.59 Å². The van der Waals surface area contributed by atoms with E-state index in [9.17, 15) is 29.4 Å². The number of β-amino-alcohol motifs (C(OH)–C–C–N with tert-alkyl or cyclic N) is 2. The molecule has 4 aliphatic rings. The molecule has 0 saturated carbocycles. The number of hydrogen-bond donors (Lipinski definition) is 2. The largest absolute Gasteiger partial charge is 0.390 e. The first-order valence-electron chi connectivity index (χ1n) is 14.4. The summed E-state index contributed by atoms with van der Waals surface area (Å²) in [6.07, 6.45) is 4.85. The van der Waals surface area contributed by atoms with E-state index >= 15 is 0 Å². The fraction of sp³-hybridized carbons (Fsp3) is 0.852. The van der Waals surface area contributed by atoms with E-state index < -0.39 is 47.2 Å². The molecule has 12 heteroatoms. The normalized spacial score (nSPS) is 26.2. The number of carbonyl (C=O) groups is 4. The summed E-state index contributed by atoms with van der Waals surface area (Å²) in [7, 11) is 0. The van der Waals surface area contributed by atoms with Crippen LogP contribution >= 0.6 is 0 Å². The lowest BCUT2D eigenvalue weighted by Gasteiger charge is -2.36. The average molecular weight is 551 g/mol. The smallest absolute Gasteiger partial charge is 0.329 e. The Hall–Kier alpha value is -2.28. The van der Waals surface area contributed by atoms with Crippen LogP contribution in [0.25, 0.3) is 0 Å². The summed E-state index contributed by atoms with van der Waals surface area (Å²) in [5, 5.41) is 21.4. The summed E-state index contributed by atoms with van der Waals surface area (Å²) in [6, 6.07) is -1.19.